The molecule has 0 rings (SSSR count). The Kier molecular flexibility index (Phi) is 32.5. The lowest BCUT2D eigenvalue weighted by Gasteiger charge is -2.16. The summed E-state index contributed by atoms with van der Waals surface area (Å²) in [5, 5.41) is 39.6. The molecule has 0 aliphatic rings. The van der Waals surface area contributed by atoms with Gasteiger partial charge >= 0.3 is 11.9 Å². The normalized spacial score (nSPS) is 14.9. The summed E-state index contributed by atoms with van der Waals surface area (Å²) >= 11 is 0. The van der Waals surface area contributed by atoms with E-state index in [1.807, 2.05) is 19.1 Å². The summed E-state index contributed by atoms with van der Waals surface area (Å²) in [5.74, 6) is -0.926. The highest BCUT2D eigenvalue weighted by Gasteiger charge is 2.17. The summed E-state index contributed by atoms with van der Waals surface area (Å²) in [7, 11) is 0. The van der Waals surface area contributed by atoms with Crippen molar-refractivity contribution < 1.29 is 39.5 Å². The smallest absolute Gasteiger partial charge is 0.306 e. The zero-order valence-corrected chi connectivity index (χ0v) is 30.1. The van der Waals surface area contributed by atoms with Crippen molar-refractivity contribution in [1.29, 1.82) is 0 Å². The first-order valence-corrected chi connectivity index (χ1v) is 18.7. The number of carbonyl (C=O) groups is 2. The molecule has 0 aromatic rings. The lowest BCUT2D eigenvalue weighted by atomic mass is 10.0. The number of carbonyl (C=O) groups excluding carboxylic acids is 2. The topological polar surface area (TPSA) is 134 Å². The molecule has 0 amide bonds. The highest BCUT2D eigenvalue weighted by Crippen LogP contribution is 2.14. The van der Waals surface area contributed by atoms with Crippen LogP contribution in [0, 0.1) is 0 Å². The van der Waals surface area contributed by atoms with Crippen LogP contribution < -0.4 is 0 Å². The van der Waals surface area contributed by atoms with E-state index >= 15 is 0 Å². The maximum Gasteiger partial charge on any atom is 0.306 e. The molecule has 4 atom stereocenters. The number of esters is 2. The van der Waals surface area contributed by atoms with E-state index in [1.54, 1.807) is 42.5 Å². The number of hydrogen-bond donors (Lipinski definition) is 4. The molecule has 0 aliphatic carbocycles. The Balaban J connectivity index is 3.94. The van der Waals surface area contributed by atoms with Gasteiger partial charge in [0.15, 0.2) is 6.10 Å². The Morgan fingerprint density at radius 3 is 1.71 bits per heavy atom. The van der Waals surface area contributed by atoms with Gasteiger partial charge in [-0.3, -0.25) is 9.59 Å². The SMILES string of the molecule is CC/C=C\C[C@@H](O)/C=C/C=C/C=C\C=C/[C@H](O)[C@@H](O)CCCC(=O)OC[C@H](CO)OC(=O)CCCCCCCCCCCCCCCC. The van der Waals surface area contributed by atoms with Crippen LogP contribution in [0.1, 0.15) is 142 Å². The van der Waals surface area contributed by atoms with Crippen LogP contribution in [0.3, 0.4) is 0 Å². The van der Waals surface area contributed by atoms with Crippen LogP contribution in [0.5, 0.6) is 0 Å². The van der Waals surface area contributed by atoms with Crippen molar-refractivity contribution in [2.24, 2.45) is 0 Å². The summed E-state index contributed by atoms with van der Waals surface area (Å²) in [6.45, 7) is 3.64. The average molecular weight is 677 g/mol. The van der Waals surface area contributed by atoms with Crippen LogP contribution in [-0.2, 0) is 19.1 Å². The third kappa shape index (κ3) is 30.8. The van der Waals surface area contributed by atoms with E-state index in [0.29, 0.717) is 12.8 Å². The fourth-order valence-corrected chi connectivity index (χ4v) is 4.95. The zero-order chi connectivity index (χ0) is 35.5. The van der Waals surface area contributed by atoms with Crippen molar-refractivity contribution in [1.82, 2.24) is 0 Å². The van der Waals surface area contributed by atoms with Gasteiger partial charge in [-0.2, -0.15) is 0 Å². The number of unbranched alkanes of at least 4 members (excludes halogenated alkanes) is 13. The van der Waals surface area contributed by atoms with E-state index in [-0.39, 0.29) is 25.9 Å². The highest BCUT2D eigenvalue weighted by molar-refractivity contribution is 5.70. The molecule has 0 heterocycles. The fraction of sp³-hybridized carbons (Fsp3) is 0.700. The molecule has 0 saturated carbocycles. The van der Waals surface area contributed by atoms with Crippen LogP contribution in [-0.4, -0.2) is 70.0 Å². The standard InChI is InChI=1S/C40H68O8/c1-3-5-7-8-9-10-11-12-13-14-15-16-21-25-31-40(46)48-36(33-41)34-47-39(45)32-26-30-38(44)37(43)29-24-20-18-17-19-23-28-35(42)27-22-6-4-2/h6,17-20,22-24,28-29,35-38,41-44H,3-5,7-16,21,25-27,30-34H2,1-2H3/b19-17+,20-18-,22-6-,28-23+,29-24-/t35-,36+,37+,38+/m1/s1. The first kappa shape index (κ1) is 45.5. The van der Waals surface area contributed by atoms with Crippen LogP contribution in [0.15, 0.2) is 60.8 Å². The zero-order valence-electron chi connectivity index (χ0n) is 30.1. The lowest BCUT2D eigenvalue weighted by molar-refractivity contribution is -0.161. The molecule has 0 unspecified atom stereocenters. The monoisotopic (exact) mass is 676 g/mol. The summed E-state index contributed by atoms with van der Waals surface area (Å²) < 4.78 is 10.4. The van der Waals surface area contributed by atoms with Crippen LogP contribution >= 0.6 is 0 Å². The van der Waals surface area contributed by atoms with Crippen LogP contribution in [0.2, 0.25) is 0 Å². The molecule has 0 bridgehead atoms. The van der Waals surface area contributed by atoms with E-state index in [0.717, 1.165) is 25.7 Å². The number of ether oxygens (including phenoxy) is 2. The van der Waals surface area contributed by atoms with Crippen molar-refractivity contribution in [2.45, 2.75) is 167 Å². The van der Waals surface area contributed by atoms with Gasteiger partial charge < -0.3 is 29.9 Å². The van der Waals surface area contributed by atoms with Crippen molar-refractivity contribution >= 4 is 11.9 Å². The summed E-state index contributed by atoms with van der Waals surface area (Å²) in [6.07, 6.45) is 33.7. The molecule has 0 saturated heterocycles. The minimum absolute atomic E-state index is 0.0282. The Hall–Kier alpha value is -2.52. The number of allylic oxidation sites excluding steroid dienone is 7. The third-order valence-electron chi connectivity index (χ3n) is 7.92. The predicted molar refractivity (Wildman–Crippen MR) is 195 cm³/mol. The Morgan fingerprint density at radius 1 is 0.625 bits per heavy atom. The highest BCUT2D eigenvalue weighted by atomic mass is 16.6. The van der Waals surface area contributed by atoms with Crippen LogP contribution in [0.25, 0.3) is 0 Å². The number of hydrogen-bond acceptors (Lipinski definition) is 8. The maximum atomic E-state index is 12.1. The van der Waals surface area contributed by atoms with Gasteiger partial charge in [0.25, 0.3) is 0 Å². The Bertz CT molecular complexity index is 907. The summed E-state index contributed by atoms with van der Waals surface area (Å²) in [5.41, 5.74) is 0. The second-order valence-corrected chi connectivity index (χ2v) is 12.5. The Morgan fingerprint density at radius 2 is 1.15 bits per heavy atom. The molecule has 8 heteroatoms. The third-order valence-corrected chi connectivity index (χ3v) is 7.92. The molecule has 0 aromatic carbocycles. The summed E-state index contributed by atoms with van der Waals surface area (Å²) in [4.78, 5) is 24.2. The molecule has 0 aromatic heterocycles. The molecule has 276 valence electrons. The van der Waals surface area contributed by atoms with E-state index in [4.69, 9.17) is 9.47 Å². The minimum Gasteiger partial charge on any atom is -0.462 e. The van der Waals surface area contributed by atoms with Gasteiger partial charge in [0, 0.05) is 12.8 Å². The largest absolute Gasteiger partial charge is 0.462 e. The molecule has 8 nitrogen and oxygen atoms in total. The Labute approximate surface area is 291 Å². The van der Waals surface area contributed by atoms with Crippen molar-refractivity contribution in [2.75, 3.05) is 13.2 Å². The number of rotatable bonds is 32. The molecular formula is C40H68O8. The second kappa shape index (κ2) is 34.3. The van der Waals surface area contributed by atoms with Gasteiger partial charge in [-0.05, 0) is 32.1 Å². The molecule has 0 spiro atoms. The summed E-state index contributed by atoms with van der Waals surface area (Å²) in [6, 6.07) is 0. The predicted octanol–water partition coefficient (Wildman–Crippen LogP) is 8.14. The quantitative estimate of drug-likeness (QED) is 0.0243. The van der Waals surface area contributed by atoms with E-state index in [2.05, 4.69) is 6.92 Å². The molecule has 0 radical (unpaired) electrons. The van der Waals surface area contributed by atoms with Gasteiger partial charge in [-0.25, -0.2) is 0 Å². The first-order chi connectivity index (χ1) is 23.3. The van der Waals surface area contributed by atoms with Crippen molar-refractivity contribution in [3.8, 4) is 0 Å². The van der Waals surface area contributed by atoms with E-state index in [9.17, 15) is 30.0 Å². The van der Waals surface area contributed by atoms with Gasteiger partial charge in [0.05, 0.1) is 24.9 Å². The molecule has 0 aliphatic heterocycles. The van der Waals surface area contributed by atoms with Gasteiger partial charge in [-0.15, -0.1) is 0 Å². The van der Waals surface area contributed by atoms with Gasteiger partial charge in [0.2, 0.25) is 0 Å². The minimum atomic E-state index is -1.08. The molecule has 0 fully saturated rings. The van der Waals surface area contributed by atoms with Gasteiger partial charge in [-0.1, -0.05) is 158 Å². The average Bonchev–Trinajstić information content (AvgIpc) is 3.07. The van der Waals surface area contributed by atoms with Gasteiger partial charge in [0.1, 0.15) is 6.61 Å². The van der Waals surface area contributed by atoms with Crippen LogP contribution in [0.4, 0.5) is 0 Å². The fourth-order valence-electron chi connectivity index (χ4n) is 4.95. The molecular weight excluding hydrogens is 608 g/mol. The number of aliphatic hydroxyl groups excluding tert-OH is 4. The lowest BCUT2D eigenvalue weighted by Crippen LogP contribution is -2.28. The first-order valence-electron chi connectivity index (χ1n) is 18.7. The van der Waals surface area contributed by atoms with E-state index < -0.39 is 43.0 Å². The number of aliphatic hydroxyl groups is 4. The van der Waals surface area contributed by atoms with Crippen molar-refractivity contribution in [3.05, 3.63) is 60.8 Å². The van der Waals surface area contributed by atoms with E-state index in [1.165, 1.54) is 76.7 Å². The second-order valence-electron chi connectivity index (χ2n) is 12.5. The molecule has 48 heavy (non-hydrogen) atoms. The van der Waals surface area contributed by atoms with Crippen molar-refractivity contribution in [3.63, 3.8) is 0 Å². The molecule has 4 N–H and O–H groups in total. The maximum absolute atomic E-state index is 12.1.